The van der Waals surface area contributed by atoms with Crippen LogP contribution >= 0.6 is 0 Å². The van der Waals surface area contributed by atoms with Gasteiger partial charge in [0.25, 0.3) is 5.56 Å². The highest BCUT2D eigenvalue weighted by Crippen LogP contribution is 2.14. The minimum Gasteiger partial charge on any atom is -0.492 e. The lowest BCUT2D eigenvalue weighted by Crippen LogP contribution is -2.39. The molecule has 2 aromatic carbocycles. The molecule has 0 spiro atoms. The van der Waals surface area contributed by atoms with E-state index in [1.807, 2.05) is 61.5 Å². The Balaban J connectivity index is 1.78. The van der Waals surface area contributed by atoms with Gasteiger partial charge >= 0.3 is 5.69 Å². The van der Waals surface area contributed by atoms with Crippen LogP contribution in [-0.2, 0) is 13.1 Å². The second-order valence-corrected chi connectivity index (χ2v) is 6.77. The van der Waals surface area contributed by atoms with E-state index >= 15 is 0 Å². The Morgan fingerprint density at radius 3 is 2.41 bits per heavy atom. The van der Waals surface area contributed by atoms with Crippen molar-refractivity contribution in [2.75, 3.05) is 6.61 Å². The van der Waals surface area contributed by atoms with Gasteiger partial charge in [0.15, 0.2) is 11.2 Å². The fraction of sp³-hybridized carbons (Fsp3) is 0.227. The van der Waals surface area contributed by atoms with Gasteiger partial charge in [-0.25, -0.2) is 14.3 Å². The second-order valence-electron chi connectivity index (χ2n) is 6.77. The fourth-order valence-corrected chi connectivity index (χ4v) is 3.33. The third-order valence-corrected chi connectivity index (χ3v) is 4.85. The summed E-state index contributed by atoms with van der Waals surface area (Å²) in [6, 6.07) is 17.1. The standard InChI is InChI=1S/C22H22N4O3/c1-3-25-21(27)19-20(26(22(25)28)17-11-9-16(2)10-12-17)23-15-24(19)13-14-29-18-7-5-4-6-8-18/h4-12,15H,3,13-14H2,1-2H3. The summed E-state index contributed by atoms with van der Waals surface area (Å²) in [5.74, 6) is 0.763. The van der Waals surface area contributed by atoms with Crippen LogP contribution in [0.15, 0.2) is 70.5 Å². The SMILES string of the molecule is CCn1c(=O)c2c(ncn2CCOc2ccccc2)n(-c2ccc(C)cc2)c1=O. The Kier molecular flexibility index (Phi) is 5.03. The molecular formula is C22H22N4O3. The molecule has 4 aromatic rings. The largest absolute Gasteiger partial charge is 0.492 e. The number of hydrogen-bond donors (Lipinski definition) is 0. The topological polar surface area (TPSA) is 71.0 Å². The number of hydrogen-bond acceptors (Lipinski definition) is 4. The molecule has 0 fully saturated rings. The van der Waals surface area contributed by atoms with Crippen molar-refractivity contribution in [3.63, 3.8) is 0 Å². The Bertz CT molecular complexity index is 1250. The van der Waals surface area contributed by atoms with Crippen LogP contribution in [-0.4, -0.2) is 25.3 Å². The summed E-state index contributed by atoms with van der Waals surface area (Å²) in [5, 5.41) is 0. The van der Waals surface area contributed by atoms with E-state index in [-0.39, 0.29) is 17.8 Å². The maximum atomic E-state index is 13.0. The number of fused-ring (bicyclic) bond motifs is 1. The van der Waals surface area contributed by atoms with Gasteiger partial charge in [-0.05, 0) is 38.1 Å². The molecule has 0 aliphatic heterocycles. The van der Waals surface area contributed by atoms with Gasteiger partial charge in [-0.3, -0.25) is 9.36 Å². The van der Waals surface area contributed by atoms with E-state index in [1.165, 1.54) is 9.13 Å². The number of imidazole rings is 1. The van der Waals surface area contributed by atoms with E-state index in [0.717, 1.165) is 11.3 Å². The predicted molar refractivity (Wildman–Crippen MR) is 112 cm³/mol. The highest BCUT2D eigenvalue weighted by Gasteiger charge is 2.18. The second kappa shape index (κ2) is 7.79. The molecule has 7 nitrogen and oxygen atoms in total. The average Bonchev–Trinajstić information content (AvgIpc) is 3.14. The molecule has 0 N–H and O–H groups in total. The molecule has 2 aromatic heterocycles. The Morgan fingerprint density at radius 1 is 1.00 bits per heavy atom. The van der Waals surface area contributed by atoms with Gasteiger partial charge in [0.05, 0.1) is 18.6 Å². The zero-order valence-corrected chi connectivity index (χ0v) is 16.4. The van der Waals surface area contributed by atoms with Crippen LogP contribution in [0.25, 0.3) is 16.9 Å². The van der Waals surface area contributed by atoms with E-state index < -0.39 is 0 Å². The van der Waals surface area contributed by atoms with Crippen LogP contribution in [0.5, 0.6) is 5.75 Å². The summed E-state index contributed by atoms with van der Waals surface area (Å²) >= 11 is 0. The first-order chi connectivity index (χ1) is 14.1. The van der Waals surface area contributed by atoms with E-state index in [4.69, 9.17) is 4.74 Å². The molecule has 0 aliphatic carbocycles. The lowest BCUT2D eigenvalue weighted by atomic mass is 10.2. The zero-order chi connectivity index (χ0) is 20.4. The number of rotatable bonds is 6. The predicted octanol–water partition coefficient (Wildman–Crippen LogP) is 2.76. The maximum Gasteiger partial charge on any atom is 0.337 e. The van der Waals surface area contributed by atoms with E-state index in [9.17, 15) is 9.59 Å². The Hall–Kier alpha value is -3.61. The monoisotopic (exact) mass is 390 g/mol. The Labute approximate surface area is 167 Å². The quantitative estimate of drug-likeness (QED) is 0.508. The van der Waals surface area contributed by atoms with Crippen LogP contribution in [0, 0.1) is 6.92 Å². The smallest absolute Gasteiger partial charge is 0.337 e. The van der Waals surface area contributed by atoms with Crippen molar-refractivity contribution in [3.05, 3.63) is 87.3 Å². The number of para-hydroxylation sites is 1. The minimum absolute atomic E-state index is 0.283. The third-order valence-electron chi connectivity index (χ3n) is 4.85. The first-order valence-electron chi connectivity index (χ1n) is 9.55. The average molecular weight is 390 g/mol. The van der Waals surface area contributed by atoms with Crippen molar-refractivity contribution in [2.45, 2.75) is 26.9 Å². The number of nitrogens with zero attached hydrogens (tertiary/aromatic N) is 4. The van der Waals surface area contributed by atoms with Gasteiger partial charge < -0.3 is 9.30 Å². The lowest BCUT2D eigenvalue weighted by Gasteiger charge is -2.12. The van der Waals surface area contributed by atoms with Crippen LogP contribution in [0.1, 0.15) is 12.5 Å². The van der Waals surface area contributed by atoms with Gasteiger partial charge in [0, 0.05) is 6.54 Å². The molecule has 7 heteroatoms. The maximum absolute atomic E-state index is 13.0. The molecule has 4 rings (SSSR count). The van der Waals surface area contributed by atoms with Crippen LogP contribution in [0.2, 0.25) is 0 Å². The fourth-order valence-electron chi connectivity index (χ4n) is 3.33. The van der Waals surface area contributed by atoms with Crippen molar-refractivity contribution in [2.24, 2.45) is 0 Å². The third kappa shape index (κ3) is 3.47. The summed E-state index contributed by atoms with van der Waals surface area (Å²) in [5.41, 5.74) is 1.79. The molecule has 0 amide bonds. The molecule has 0 radical (unpaired) electrons. The first-order valence-corrected chi connectivity index (χ1v) is 9.55. The number of aromatic nitrogens is 4. The molecule has 29 heavy (non-hydrogen) atoms. The van der Waals surface area contributed by atoms with E-state index in [0.29, 0.717) is 30.0 Å². The zero-order valence-electron chi connectivity index (χ0n) is 16.4. The molecule has 2 heterocycles. The van der Waals surface area contributed by atoms with Crippen molar-refractivity contribution < 1.29 is 4.74 Å². The Morgan fingerprint density at radius 2 is 1.72 bits per heavy atom. The molecule has 0 atom stereocenters. The van der Waals surface area contributed by atoms with Crippen molar-refractivity contribution in [3.8, 4) is 11.4 Å². The normalized spacial score (nSPS) is 11.1. The number of benzene rings is 2. The van der Waals surface area contributed by atoms with Gasteiger partial charge in [-0.15, -0.1) is 0 Å². The lowest BCUT2D eigenvalue weighted by molar-refractivity contribution is 0.300. The number of ether oxygens (including phenoxy) is 1. The summed E-state index contributed by atoms with van der Waals surface area (Å²) < 4.78 is 10.2. The molecule has 0 saturated heterocycles. The summed E-state index contributed by atoms with van der Waals surface area (Å²) in [4.78, 5) is 30.4. The van der Waals surface area contributed by atoms with Gasteiger partial charge in [-0.2, -0.15) is 0 Å². The molecular weight excluding hydrogens is 368 g/mol. The number of aryl methyl sites for hydroxylation is 1. The van der Waals surface area contributed by atoms with Gasteiger partial charge in [0.1, 0.15) is 12.4 Å². The van der Waals surface area contributed by atoms with Crippen molar-refractivity contribution in [1.29, 1.82) is 0 Å². The van der Waals surface area contributed by atoms with E-state index in [2.05, 4.69) is 4.98 Å². The highest BCUT2D eigenvalue weighted by atomic mass is 16.5. The molecule has 0 unspecified atom stereocenters. The molecule has 0 bridgehead atoms. The van der Waals surface area contributed by atoms with Crippen molar-refractivity contribution >= 4 is 11.2 Å². The van der Waals surface area contributed by atoms with E-state index in [1.54, 1.807) is 17.8 Å². The molecule has 0 saturated carbocycles. The van der Waals surface area contributed by atoms with Gasteiger partial charge in [0.2, 0.25) is 0 Å². The minimum atomic E-state index is -0.389. The summed E-state index contributed by atoms with van der Waals surface area (Å²) in [6.07, 6.45) is 1.59. The first kappa shape index (κ1) is 18.7. The molecule has 148 valence electrons. The van der Waals surface area contributed by atoms with Crippen LogP contribution in [0.4, 0.5) is 0 Å². The van der Waals surface area contributed by atoms with Crippen LogP contribution in [0.3, 0.4) is 0 Å². The highest BCUT2D eigenvalue weighted by molar-refractivity contribution is 5.72. The molecule has 0 aliphatic rings. The summed E-state index contributed by atoms with van der Waals surface area (Å²) in [6.45, 7) is 4.87. The summed E-state index contributed by atoms with van der Waals surface area (Å²) in [7, 11) is 0. The van der Waals surface area contributed by atoms with Crippen molar-refractivity contribution in [1.82, 2.24) is 18.7 Å². The van der Waals surface area contributed by atoms with Crippen LogP contribution < -0.4 is 16.0 Å². The van der Waals surface area contributed by atoms with Gasteiger partial charge in [-0.1, -0.05) is 35.9 Å².